The maximum atomic E-state index is 12.9. The molecule has 2 heterocycles. The van der Waals surface area contributed by atoms with Gasteiger partial charge < -0.3 is 10.0 Å². The summed E-state index contributed by atoms with van der Waals surface area (Å²) in [6, 6.07) is 8.79. The molecule has 7 nitrogen and oxygen atoms in total. The van der Waals surface area contributed by atoms with Gasteiger partial charge in [-0.1, -0.05) is 24.6 Å². The Hall–Kier alpha value is -1.93. The van der Waals surface area contributed by atoms with Crippen LogP contribution in [0.5, 0.6) is 0 Å². The molecule has 0 radical (unpaired) electrons. The van der Waals surface area contributed by atoms with Crippen LogP contribution in [0.1, 0.15) is 29.6 Å². The van der Waals surface area contributed by atoms with E-state index in [0.29, 0.717) is 12.0 Å². The van der Waals surface area contributed by atoms with E-state index >= 15 is 0 Å². The van der Waals surface area contributed by atoms with Crippen LogP contribution in [0, 0.1) is 11.3 Å². The fourth-order valence-electron chi connectivity index (χ4n) is 4.55. The Balaban J connectivity index is 1.43. The quantitative estimate of drug-likeness (QED) is 0.844. The molecule has 2 atom stereocenters. The highest BCUT2D eigenvalue weighted by atomic mass is 32.2. The van der Waals surface area contributed by atoms with Crippen LogP contribution in [0.3, 0.4) is 0 Å². The van der Waals surface area contributed by atoms with Crippen LogP contribution >= 0.6 is 0 Å². The smallest absolute Gasteiger partial charge is 0.311 e. The van der Waals surface area contributed by atoms with Crippen molar-refractivity contribution in [2.45, 2.75) is 24.5 Å². The fraction of sp³-hybridized carbons (Fsp3) is 0.556. The lowest BCUT2D eigenvalue weighted by Crippen LogP contribution is -2.59. The van der Waals surface area contributed by atoms with Crippen LogP contribution in [0.4, 0.5) is 0 Å². The lowest BCUT2D eigenvalue weighted by Gasteiger charge is -2.40. The molecule has 4 rings (SSSR count). The Kier molecular flexibility index (Phi) is 4.07. The number of carboxylic acids is 1. The summed E-state index contributed by atoms with van der Waals surface area (Å²) in [6.07, 6.45) is 2.15. The van der Waals surface area contributed by atoms with E-state index in [4.69, 9.17) is 0 Å². The molecule has 0 bridgehead atoms. The molecule has 1 amide bonds. The van der Waals surface area contributed by atoms with Crippen molar-refractivity contribution in [2.75, 3.05) is 26.2 Å². The van der Waals surface area contributed by atoms with Crippen LogP contribution in [0.25, 0.3) is 0 Å². The summed E-state index contributed by atoms with van der Waals surface area (Å²) in [5, 5.41) is 8.99. The van der Waals surface area contributed by atoms with Gasteiger partial charge in [-0.25, -0.2) is 12.7 Å². The average molecular weight is 378 g/mol. The minimum atomic E-state index is -3.59. The van der Waals surface area contributed by atoms with Gasteiger partial charge in [0.2, 0.25) is 10.0 Å². The normalized spacial score (nSPS) is 29.4. The summed E-state index contributed by atoms with van der Waals surface area (Å²) in [5.74, 6) is -1.15. The molecule has 1 saturated carbocycles. The standard InChI is InChI=1S/C18H22N2O5S/c21-16(13-5-2-1-3-6-13)19-10-15(11-19)26(24,25)20-9-14-7-4-8-18(14,12-20)17(22)23/h1-3,5-6,14-15H,4,7-12H2,(H,22,23)/t14-,18+/m0/s1. The monoisotopic (exact) mass is 378 g/mol. The highest BCUT2D eigenvalue weighted by molar-refractivity contribution is 7.89. The SMILES string of the molecule is O=C(c1ccccc1)N1CC(S(=O)(=O)N2C[C@@H]3CCC[C@@]3(C(=O)O)C2)C1. The number of amides is 1. The summed E-state index contributed by atoms with van der Waals surface area (Å²) < 4.78 is 27.2. The molecule has 140 valence electrons. The number of hydrogen-bond donors (Lipinski definition) is 1. The second-order valence-corrected chi connectivity index (χ2v) is 9.80. The summed E-state index contributed by atoms with van der Waals surface area (Å²) in [5.41, 5.74) is -0.375. The van der Waals surface area contributed by atoms with Crippen LogP contribution in [0.15, 0.2) is 30.3 Å². The topological polar surface area (TPSA) is 95.0 Å². The molecule has 1 aliphatic carbocycles. The Labute approximate surface area is 152 Å². The van der Waals surface area contributed by atoms with E-state index in [1.165, 1.54) is 9.21 Å². The first-order chi connectivity index (χ1) is 12.3. The number of sulfonamides is 1. The van der Waals surface area contributed by atoms with E-state index in [-0.39, 0.29) is 38.0 Å². The number of rotatable bonds is 4. The molecule has 0 aromatic heterocycles. The number of likely N-dealkylation sites (tertiary alicyclic amines) is 1. The van der Waals surface area contributed by atoms with Crippen LogP contribution in [0.2, 0.25) is 0 Å². The molecule has 3 fully saturated rings. The molecule has 8 heteroatoms. The molecule has 3 aliphatic rings. The second kappa shape index (κ2) is 6.06. The lowest BCUT2D eigenvalue weighted by molar-refractivity contribution is -0.149. The predicted octanol–water partition coefficient (Wildman–Crippen LogP) is 1.03. The minimum absolute atomic E-state index is 0.0679. The highest BCUT2D eigenvalue weighted by Crippen LogP contribution is 2.50. The van der Waals surface area contributed by atoms with Gasteiger partial charge in [0.1, 0.15) is 5.25 Å². The number of benzene rings is 1. The van der Waals surface area contributed by atoms with E-state index in [9.17, 15) is 23.1 Å². The molecular formula is C18H22N2O5S. The first-order valence-corrected chi connectivity index (χ1v) is 10.4. The molecule has 1 aromatic rings. The number of nitrogens with zero attached hydrogens (tertiary/aromatic N) is 2. The van der Waals surface area contributed by atoms with E-state index in [0.717, 1.165) is 12.8 Å². The Morgan fingerprint density at radius 3 is 2.42 bits per heavy atom. The summed E-state index contributed by atoms with van der Waals surface area (Å²) in [7, 11) is -3.59. The largest absolute Gasteiger partial charge is 0.481 e. The summed E-state index contributed by atoms with van der Waals surface area (Å²) in [6.45, 7) is 0.685. The fourth-order valence-corrected chi connectivity index (χ4v) is 6.51. The first-order valence-electron chi connectivity index (χ1n) is 8.91. The molecular weight excluding hydrogens is 356 g/mol. The Morgan fingerprint density at radius 2 is 1.81 bits per heavy atom. The van der Waals surface area contributed by atoms with Gasteiger partial charge in [-0.15, -0.1) is 0 Å². The minimum Gasteiger partial charge on any atom is -0.481 e. The highest BCUT2D eigenvalue weighted by Gasteiger charge is 2.58. The zero-order valence-electron chi connectivity index (χ0n) is 14.4. The third-order valence-electron chi connectivity index (χ3n) is 6.20. The van der Waals surface area contributed by atoms with Crippen LogP contribution < -0.4 is 0 Å². The van der Waals surface area contributed by atoms with Crippen molar-refractivity contribution in [1.82, 2.24) is 9.21 Å². The molecule has 26 heavy (non-hydrogen) atoms. The van der Waals surface area contributed by atoms with Gasteiger partial charge in [0, 0.05) is 31.7 Å². The number of carbonyl (C=O) groups excluding carboxylic acids is 1. The van der Waals surface area contributed by atoms with Crippen molar-refractivity contribution < 1.29 is 23.1 Å². The van der Waals surface area contributed by atoms with E-state index in [1.807, 2.05) is 6.07 Å². The maximum absolute atomic E-state index is 12.9. The number of carboxylic acid groups (broad SMARTS) is 1. The maximum Gasteiger partial charge on any atom is 0.311 e. The second-order valence-electron chi connectivity index (χ2n) is 7.59. The number of hydrogen-bond acceptors (Lipinski definition) is 4. The first kappa shape index (κ1) is 17.5. The van der Waals surface area contributed by atoms with Gasteiger partial charge in [0.05, 0.1) is 5.41 Å². The number of aliphatic carboxylic acids is 1. The van der Waals surface area contributed by atoms with E-state index in [2.05, 4.69) is 0 Å². The molecule has 0 spiro atoms. The van der Waals surface area contributed by atoms with Crippen molar-refractivity contribution in [2.24, 2.45) is 11.3 Å². The third-order valence-corrected chi connectivity index (χ3v) is 8.34. The van der Waals surface area contributed by atoms with Crippen molar-refractivity contribution in [1.29, 1.82) is 0 Å². The van der Waals surface area contributed by atoms with E-state index < -0.39 is 26.7 Å². The Bertz CT molecular complexity index is 834. The van der Waals surface area contributed by atoms with Crippen molar-refractivity contribution >= 4 is 21.9 Å². The number of fused-ring (bicyclic) bond motifs is 1. The lowest BCUT2D eigenvalue weighted by atomic mass is 9.81. The van der Waals surface area contributed by atoms with Gasteiger partial charge in [0.25, 0.3) is 5.91 Å². The van der Waals surface area contributed by atoms with Gasteiger partial charge in [-0.2, -0.15) is 0 Å². The zero-order valence-corrected chi connectivity index (χ0v) is 15.2. The van der Waals surface area contributed by atoms with Crippen molar-refractivity contribution in [3.63, 3.8) is 0 Å². The van der Waals surface area contributed by atoms with Gasteiger partial charge in [0.15, 0.2) is 0 Å². The Morgan fingerprint density at radius 1 is 1.12 bits per heavy atom. The summed E-state index contributed by atoms with van der Waals surface area (Å²) in [4.78, 5) is 25.6. The predicted molar refractivity (Wildman–Crippen MR) is 94.0 cm³/mol. The van der Waals surface area contributed by atoms with Crippen molar-refractivity contribution in [3.8, 4) is 0 Å². The van der Waals surface area contributed by atoms with Gasteiger partial charge in [-0.3, -0.25) is 9.59 Å². The summed E-state index contributed by atoms with van der Waals surface area (Å²) >= 11 is 0. The molecule has 2 saturated heterocycles. The molecule has 1 N–H and O–H groups in total. The van der Waals surface area contributed by atoms with E-state index in [1.54, 1.807) is 24.3 Å². The molecule has 1 aromatic carbocycles. The van der Waals surface area contributed by atoms with Crippen LogP contribution in [-0.4, -0.2) is 66.0 Å². The average Bonchev–Trinajstić information content (AvgIpc) is 3.12. The number of carbonyl (C=O) groups is 2. The van der Waals surface area contributed by atoms with Crippen molar-refractivity contribution in [3.05, 3.63) is 35.9 Å². The van der Waals surface area contributed by atoms with Crippen LogP contribution in [-0.2, 0) is 14.8 Å². The van der Waals surface area contributed by atoms with Gasteiger partial charge >= 0.3 is 5.97 Å². The third kappa shape index (κ3) is 2.54. The molecule has 2 aliphatic heterocycles. The molecule has 0 unspecified atom stereocenters. The zero-order chi connectivity index (χ0) is 18.5. The van der Waals surface area contributed by atoms with Gasteiger partial charge in [-0.05, 0) is 30.9 Å².